The van der Waals surface area contributed by atoms with Crippen molar-refractivity contribution in [2.75, 3.05) is 30.5 Å². The minimum Gasteiger partial charge on any atom is -0.481 e. The number of rotatable bonds is 12. The number of aromatic nitrogens is 1. The molecule has 242 valence electrons. The van der Waals surface area contributed by atoms with E-state index in [2.05, 4.69) is 26.0 Å². The molecule has 0 aromatic carbocycles. The molecule has 0 saturated carbocycles. The van der Waals surface area contributed by atoms with Crippen molar-refractivity contribution in [2.45, 2.75) is 37.8 Å². The van der Waals surface area contributed by atoms with Gasteiger partial charge in [0.15, 0.2) is 16.7 Å². The van der Waals surface area contributed by atoms with Crippen molar-refractivity contribution in [1.29, 1.82) is 0 Å². The molecule has 4 aliphatic heterocycles. The first-order valence-electron chi connectivity index (χ1n) is 13.4. The summed E-state index contributed by atoms with van der Waals surface area (Å²) in [5, 5.41) is 31.3. The van der Waals surface area contributed by atoms with E-state index >= 15 is 0 Å². The molecule has 3 amide bonds. The fourth-order valence-electron chi connectivity index (χ4n) is 4.71. The molecule has 0 spiro atoms. The normalized spacial score (nSPS) is 24.9. The number of carboxylic acid groups (broad SMARTS) is 1. The van der Waals surface area contributed by atoms with Gasteiger partial charge < -0.3 is 31.0 Å². The summed E-state index contributed by atoms with van der Waals surface area (Å²) in [4.78, 5) is 66.0. The van der Waals surface area contributed by atoms with Gasteiger partial charge in [-0.3, -0.25) is 29.6 Å². The smallest absolute Gasteiger partial charge is 0.313 e. The maximum absolute atomic E-state index is 13.3. The van der Waals surface area contributed by atoms with Gasteiger partial charge in [-0.2, -0.15) is 0 Å². The number of thiazole rings is 1. The van der Waals surface area contributed by atoms with Crippen molar-refractivity contribution in [3.05, 3.63) is 34.2 Å². The maximum atomic E-state index is 13.3. The maximum Gasteiger partial charge on any atom is 0.313 e. The van der Waals surface area contributed by atoms with Crippen LogP contribution in [0.5, 0.6) is 0 Å². The Balaban J connectivity index is 1.24. The number of hydrogen-bond acceptors (Lipinski definition) is 17. The second-order valence-electron chi connectivity index (χ2n) is 10.5. The number of nitrogens with two attached hydrogens (primary N) is 2. The van der Waals surface area contributed by atoms with Crippen LogP contribution in [0.15, 0.2) is 38.7 Å². The number of anilines is 1. The molecule has 2 saturated heterocycles. The predicted molar refractivity (Wildman–Crippen MR) is 166 cm³/mol. The van der Waals surface area contributed by atoms with E-state index in [1.807, 2.05) is 12.3 Å². The van der Waals surface area contributed by atoms with Crippen LogP contribution in [0.1, 0.15) is 26.0 Å². The minimum absolute atomic E-state index is 0.0507. The third-order valence-electron chi connectivity index (χ3n) is 7.04. The Hall–Kier alpha value is -3.89. The van der Waals surface area contributed by atoms with E-state index < -0.39 is 46.6 Å². The van der Waals surface area contributed by atoms with Gasteiger partial charge in [0.2, 0.25) is 11.8 Å². The third-order valence-corrected chi connectivity index (χ3v) is 10.6. The van der Waals surface area contributed by atoms with Gasteiger partial charge in [-0.1, -0.05) is 5.16 Å². The number of aliphatic hydroxyl groups is 1. The van der Waals surface area contributed by atoms with E-state index in [9.17, 15) is 29.4 Å². The Labute approximate surface area is 268 Å². The average molecular weight is 682 g/mol. The Kier molecular flexibility index (Phi) is 9.55. The number of thioether (sulfide) groups is 2. The Bertz CT molecular complexity index is 1510. The quantitative estimate of drug-likeness (QED) is 0.0437. The number of β-lactam (4-membered cyclic amide) rings is 1. The molecule has 9 N–H and O–H groups in total. The molecule has 0 aliphatic carbocycles. The molecular formula is C24H31N11O7S3. The number of nitrogen functional groups attached to an aromatic ring is 1. The van der Waals surface area contributed by atoms with E-state index in [0.29, 0.717) is 16.6 Å². The van der Waals surface area contributed by atoms with Crippen molar-refractivity contribution in [3.8, 4) is 0 Å². The third kappa shape index (κ3) is 6.72. The van der Waals surface area contributed by atoms with Gasteiger partial charge in [-0.25, -0.2) is 20.8 Å². The zero-order chi connectivity index (χ0) is 32.5. The van der Waals surface area contributed by atoms with Crippen LogP contribution >= 0.6 is 34.9 Å². The molecule has 45 heavy (non-hydrogen) atoms. The van der Waals surface area contributed by atoms with Gasteiger partial charge in [-0.15, -0.1) is 40.4 Å². The number of aliphatic imine (C=N–C) groups is 1. The molecule has 1 aromatic heterocycles. The largest absolute Gasteiger partial charge is 0.481 e. The van der Waals surface area contributed by atoms with Crippen molar-refractivity contribution < 1.29 is 34.2 Å². The Morgan fingerprint density at radius 3 is 2.84 bits per heavy atom. The molecule has 1 aromatic rings. The molecular weight excluding hydrogens is 651 g/mol. The number of hydrogen-bond donors (Lipinski definition) is 7. The summed E-state index contributed by atoms with van der Waals surface area (Å²) < 4.78 is 0. The van der Waals surface area contributed by atoms with Crippen molar-refractivity contribution in [1.82, 2.24) is 36.2 Å². The Morgan fingerprint density at radius 1 is 1.40 bits per heavy atom. The fraction of sp³-hybridized carbons (Fsp3) is 0.458. The molecule has 5 rings (SSSR count). The van der Waals surface area contributed by atoms with E-state index in [4.69, 9.17) is 16.4 Å². The van der Waals surface area contributed by atoms with Crippen LogP contribution in [0, 0.1) is 5.41 Å². The first-order valence-corrected chi connectivity index (χ1v) is 16.3. The predicted octanol–water partition coefficient (Wildman–Crippen LogP) is -1.48. The first-order chi connectivity index (χ1) is 21.4. The van der Waals surface area contributed by atoms with Crippen molar-refractivity contribution >= 4 is 75.1 Å². The van der Waals surface area contributed by atoms with Gasteiger partial charge in [0.1, 0.15) is 35.4 Å². The van der Waals surface area contributed by atoms with Crippen LogP contribution in [0.25, 0.3) is 0 Å². The fourth-order valence-corrected chi connectivity index (χ4v) is 8.19. The van der Waals surface area contributed by atoms with E-state index in [1.54, 1.807) is 24.2 Å². The van der Waals surface area contributed by atoms with Crippen molar-refractivity contribution in [3.63, 3.8) is 0 Å². The summed E-state index contributed by atoms with van der Waals surface area (Å²) >= 11 is 3.64. The molecule has 18 nitrogen and oxygen atoms in total. The minimum atomic E-state index is -1.27. The number of aliphatic carboxylic acids is 1. The summed E-state index contributed by atoms with van der Waals surface area (Å²) in [7, 11) is 0. The molecule has 4 atom stereocenters. The van der Waals surface area contributed by atoms with E-state index in [0.717, 1.165) is 11.3 Å². The highest BCUT2D eigenvalue weighted by molar-refractivity contribution is 8.03. The van der Waals surface area contributed by atoms with Crippen molar-refractivity contribution in [2.24, 2.45) is 21.4 Å². The second-order valence-corrected chi connectivity index (χ2v) is 13.5. The number of amides is 3. The van der Waals surface area contributed by atoms with E-state index in [-0.39, 0.29) is 47.7 Å². The highest BCUT2D eigenvalue weighted by Crippen LogP contribution is 2.45. The summed E-state index contributed by atoms with van der Waals surface area (Å²) in [6, 6.07) is -0.936. The topological polar surface area (TPSA) is 253 Å². The first kappa shape index (κ1) is 32.5. The average Bonchev–Trinajstić information content (AvgIpc) is 3.64. The van der Waals surface area contributed by atoms with Gasteiger partial charge in [0.05, 0.1) is 17.6 Å². The number of hydrazine groups is 3. The van der Waals surface area contributed by atoms with Crippen LogP contribution in [0.3, 0.4) is 0 Å². The molecule has 0 bridgehead atoms. The van der Waals surface area contributed by atoms with Crippen LogP contribution < -0.4 is 27.9 Å². The summed E-state index contributed by atoms with van der Waals surface area (Å²) in [5.74, 6) is 3.26. The van der Waals surface area contributed by atoms with Gasteiger partial charge in [-0.05, 0) is 19.9 Å². The van der Waals surface area contributed by atoms with Gasteiger partial charge in [0, 0.05) is 29.1 Å². The van der Waals surface area contributed by atoms with E-state index in [1.165, 1.54) is 38.8 Å². The molecule has 4 aliphatic rings. The monoisotopic (exact) mass is 681 g/mol. The zero-order valence-corrected chi connectivity index (χ0v) is 26.4. The van der Waals surface area contributed by atoms with Crippen LogP contribution in [-0.4, -0.2) is 108 Å². The molecule has 2 fully saturated rings. The van der Waals surface area contributed by atoms with Crippen LogP contribution in [-0.2, 0) is 24.0 Å². The number of carbonyl (C=O) groups excluding carboxylic acids is 3. The zero-order valence-electron chi connectivity index (χ0n) is 24.0. The number of nitrogens with zero attached hydrogens (tertiary/aromatic N) is 6. The molecule has 3 unspecified atom stereocenters. The lowest BCUT2D eigenvalue weighted by atomic mass is 9.89. The molecule has 0 radical (unpaired) electrons. The molecule has 5 heterocycles. The van der Waals surface area contributed by atoms with Crippen LogP contribution in [0.2, 0.25) is 0 Å². The summed E-state index contributed by atoms with van der Waals surface area (Å²) in [6.07, 6.45) is 2.58. The lowest BCUT2D eigenvalue weighted by Crippen LogP contribution is -2.74. The number of allylic oxidation sites excluding steroid dienone is 1. The molecule has 21 heteroatoms. The Morgan fingerprint density at radius 2 is 2.18 bits per heavy atom. The lowest BCUT2D eigenvalue weighted by Gasteiger charge is -2.53. The highest BCUT2D eigenvalue weighted by Gasteiger charge is 2.57. The standard InChI is InChI=1S/C24H31N11O7S3/c1-11-3-16(35-14(27-11)5-33(10-36)32-35)44-8-24(22(40)41)7-34-20(39)18(21(34)45-9-24)29-19(38)17(13-6-43-23(25)28-13)31-42-12(2)4-15(37)30-26/h3,5-6,12,18,21,32,36H,4,7-10,26H2,1-2H3,(H2,25,28)(H,29,38)(H,30,37)(H,40,41)/t12?,18?,21-,24?/m1/s1. The second kappa shape index (κ2) is 13.2. The number of carbonyl (C=O) groups is 4. The number of fused-ring (bicyclic) bond motifs is 2. The summed E-state index contributed by atoms with van der Waals surface area (Å²) in [6.45, 7) is 3.03. The lowest BCUT2D eigenvalue weighted by molar-refractivity contribution is -0.157. The van der Waals surface area contributed by atoms with Gasteiger partial charge >= 0.3 is 5.97 Å². The highest BCUT2D eigenvalue weighted by atomic mass is 32.2. The number of aliphatic hydroxyl groups excluding tert-OH is 1. The van der Waals surface area contributed by atoms with Crippen LogP contribution in [0.4, 0.5) is 5.13 Å². The summed E-state index contributed by atoms with van der Waals surface area (Å²) in [5.41, 5.74) is 10.0. The number of oxime groups is 1. The SMILES string of the molecule is CC1=NC2=CN(CO)NN2C(SCC2(C(=O)O)CS[C@@H]3C(NC(=O)C(=NOC(C)CC(=O)NN)c4csc(N)n4)C(=O)N3C2)=C1. The number of carboxylic acids is 1. The number of nitrogens with one attached hydrogen (secondary N) is 3. The van der Waals surface area contributed by atoms with Gasteiger partial charge in [0.25, 0.3) is 5.91 Å².